The zero-order chi connectivity index (χ0) is 10.1. The minimum atomic E-state index is -1.43. The van der Waals surface area contributed by atoms with E-state index in [2.05, 4.69) is 5.48 Å². The quantitative estimate of drug-likeness (QED) is 0.705. The maximum Gasteiger partial charge on any atom is 0.194 e. The highest BCUT2D eigenvalue weighted by atomic mass is 19.2. The molecule has 0 bridgehead atoms. The van der Waals surface area contributed by atoms with Crippen LogP contribution in [-0.4, -0.2) is 6.61 Å². The number of halogens is 3. The monoisotopic (exact) mass is 203 g/mol. The molecule has 1 atom stereocenters. The zero-order valence-electron chi connectivity index (χ0n) is 7.19. The molecule has 0 unspecified atom stereocenters. The van der Waals surface area contributed by atoms with Crippen LogP contribution in [0.3, 0.4) is 0 Å². The molecule has 1 aromatic carbocycles. The number of hydrogen-bond donors (Lipinski definition) is 1. The fraction of sp³-hybridized carbons (Fsp3) is 0.333. The SMILES string of the molecule is Fc1ccc([C@@H]2CCON2)c(F)c1F. The molecule has 1 N–H and O–H groups in total. The van der Waals surface area contributed by atoms with E-state index in [1.54, 1.807) is 0 Å². The molecule has 1 saturated heterocycles. The van der Waals surface area contributed by atoms with E-state index in [0.717, 1.165) is 6.07 Å². The molecule has 0 aromatic heterocycles. The molecule has 1 heterocycles. The maximum absolute atomic E-state index is 13.2. The summed E-state index contributed by atoms with van der Waals surface area (Å²) in [7, 11) is 0. The summed E-state index contributed by atoms with van der Waals surface area (Å²) >= 11 is 0. The average Bonchev–Trinajstić information content (AvgIpc) is 2.67. The minimum Gasteiger partial charge on any atom is -0.301 e. The summed E-state index contributed by atoms with van der Waals surface area (Å²) in [4.78, 5) is 4.80. The van der Waals surface area contributed by atoms with Gasteiger partial charge in [-0.05, 0) is 12.5 Å². The van der Waals surface area contributed by atoms with Gasteiger partial charge in [0.05, 0.1) is 12.6 Å². The van der Waals surface area contributed by atoms with Crippen molar-refractivity contribution >= 4 is 0 Å². The number of benzene rings is 1. The Hall–Kier alpha value is -1.07. The molecule has 76 valence electrons. The van der Waals surface area contributed by atoms with Crippen molar-refractivity contribution in [2.45, 2.75) is 12.5 Å². The summed E-state index contributed by atoms with van der Waals surface area (Å²) in [6.45, 7) is 0.434. The molecule has 2 nitrogen and oxygen atoms in total. The Morgan fingerprint density at radius 2 is 2.00 bits per heavy atom. The summed E-state index contributed by atoms with van der Waals surface area (Å²) < 4.78 is 38.6. The van der Waals surface area contributed by atoms with Crippen molar-refractivity contribution in [1.82, 2.24) is 5.48 Å². The van der Waals surface area contributed by atoms with Crippen LogP contribution in [0.4, 0.5) is 13.2 Å². The van der Waals surface area contributed by atoms with Gasteiger partial charge in [-0.25, -0.2) is 13.2 Å². The summed E-state index contributed by atoms with van der Waals surface area (Å²) in [5, 5.41) is 0. The first kappa shape index (κ1) is 9.48. The van der Waals surface area contributed by atoms with Gasteiger partial charge in [0.15, 0.2) is 17.5 Å². The van der Waals surface area contributed by atoms with Crippen LogP contribution in [0.2, 0.25) is 0 Å². The molecule has 0 spiro atoms. The normalized spacial score (nSPS) is 21.5. The van der Waals surface area contributed by atoms with Gasteiger partial charge in [0.25, 0.3) is 0 Å². The van der Waals surface area contributed by atoms with Crippen molar-refractivity contribution in [2.75, 3.05) is 6.61 Å². The van der Waals surface area contributed by atoms with E-state index in [-0.39, 0.29) is 5.56 Å². The summed E-state index contributed by atoms with van der Waals surface area (Å²) in [6.07, 6.45) is 0.544. The Kier molecular flexibility index (Phi) is 2.43. The van der Waals surface area contributed by atoms with Crippen molar-refractivity contribution in [2.24, 2.45) is 0 Å². The molecule has 0 aliphatic carbocycles. The molecule has 1 aromatic rings. The third-order valence-electron chi connectivity index (χ3n) is 2.17. The average molecular weight is 203 g/mol. The van der Waals surface area contributed by atoms with E-state index in [1.165, 1.54) is 6.07 Å². The second kappa shape index (κ2) is 3.59. The minimum absolute atomic E-state index is 0.0985. The van der Waals surface area contributed by atoms with Crippen molar-refractivity contribution in [3.63, 3.8) is 0 Å². The first-order valence-corrected chi connectivity index (χ1v) is 4.21. The van der Waals surface area contributed by atoms with Crippen molar-refractivity contribution < 1.29 is 18.0 Å². The van der Waals surface area contributed by atoms with E-state index < -0.39 is 23.5 Å². The van der Waals surface area contributed by atoms with Crippen molar-refractivity contribution in [1.29, 1.82) is 0 Å². The van der Waals surface area contributed by atoms with E-state index in [1.807, 2.05) is 0 Å². The molecule has 0 radical (unpaired) electrons. The maximum atomic E-state index is 13.2. The van der Waals surface area contributed by atoms with Gasteiger partial charge in [-0.2, -0.15) is 5.48 Å². The largest absolute Gasteiger partial charge is 0.301 e. The molecule has 1 aliphatic rings. The van der Waals surface area contributed by atoms with Gasteiger partial charge in [-0.3, -0.25) is 0 Å². The van der Waals surface area contributed by atoms with Crippen LogP contribution in [0.25, 0.3) is 0 Å². The van der Waals surface area contributed by atoms with Gasteiger partial charge in [-0.15, -0.1) is 0 Å². The number of hydrogen-bond acceptors (Lipinski definition) is 2. The van der Waals surface area contributed by atoms with Gasteiger partial charge in [0.1, 0.15) is 0 Å². The van der Waals surface area contributed by atoms with Crippen LogP contribution >= 0.6 is 0 Å². The molecule has 1 fully saturated rings. The van der Waals surface area contributed by atoms with Crippen LogP contribution in [0.5, 0.6) is 0 Å². The van der Waals surface area contributed by atoms with E-state index in [0.29, 0.717) is 13.0 Å². The third-order valence-corrected chi connectivity index (χ3v) is 2.17. The predicted molar refractivity (Wildman–Crippen MR) is 42.8 cm³/mol. The zero-order valence-corrected chi connectivity index (χ0v) is 7.19. The highest BCUT2D eigenvalue weighted by molar-refractivity contribution is 5.23. The Morgan fingerprint density at radius 1 is 1.21 bits per heavy atom. The van der Waals surface area contributed by atoms with Crippen molar-refractivity contribution in [3.8, 4) is 0 Å². The lowest BCUT2D eigenvalue weighted by Gasteiger charge is -2.10. The Bertz CT molecular complexity index is 350. The van der Waals surface area contributed by atoms with Crippen LogP contribution in [-0.2, 0) is 4.84 Å². The number of nitrogens with one attached hydrogen (secondary N) is 1. The molecule has 5 heteroatoms. The lowest BCUT2D eigenvalue weighted by atomic mass is 10.0. The number of rotatable bonds is 1. The second-order valence-corrected chi connectivity index (χ2v) is 3.07. The molecular weight excluding hydrogens is 195 g/mol. The first-order chi connectivity index (χ1) is 6.70. The number of hydroxylamine groups is 1. The molecule has 14 heavy (non-hydrogen) atoms. The van der Waals surface area contributed by atoms with Crippen LogP contribution in [0.1, 0.15) is 18.0 Å². The van der Waals surface area contributed by atoms with Gasteiger partial charge >= 0.3 is 0 Å². The fourth-order valence-corrected chi connectivity index (χ4v) is 1.42. The van der Waals surface area contributed by atoms with E-state index in [4.69, 9.17) is 4.84 Å². The van der Waals surface area contributed by atoms with Gasteiger partial charge < -0.3 is 4.84 Å². The highest BCUT2D eigenvalue weighted by Gasteiger charge is 2.23. The summed E-state index contributed by atoms with van der Waals surface area (Å²) in [5.41, 5.74) is 2.63. The van der Waals surface area contributed by atoms with Gasteiger partial charge in [0, 0.05) is 5.56 Å². The van der Waals surface area contributed by atoms with Gasteiger partial charge in [0.2, 0.25) is 0 Å². The van der Waals surface area contributed by atoms with E-state index in [9.17, 15) is 13.2 Å². The fourth-order valence-electron chi connectivity index (χ4n) is 1.42. The van der Waals surface area contributed by atoms with Gasteiger partial charge in [-0.1, -0.05) is 6.07 Å². The summed E-state index contributed by atoms with van der Waals surface area (Å²) in [6, 6.07) is 1.73. The van der Waals surface area contributed by atoms with Crippen molar-refractivity contribution in [3.05, 3.63) is 35.1 Å². The lowest BCUT2D eigenvalue weighted by Crippen LogP contribution is -2.14. The molecule has 2 rings (SSSR count). The lowest BCUT2D eigenvalue weighted by molar-refractivity contribution is 0.0875. The van der Waals surface area contributed by atoms with Crippen LogP contribution < -0.4 is 5.48 Å². The smallest absolute Gasteiger partial charge is 0.194 e. The second-order valence-electron chi connectivity index (χ2n) is 3.07. The third kappa shape index (κ3) is 1.49. The molecule has 0 saturated carbocycles. The predicted octanol–water partition coefficient (Wildman–Crippen LogP) is 2.07. The van der Waals surface area contributed by atoms with Crippen LogP contribution in [0.15, 0.2) is 12.1 Å². The molecule has 0 amide bonds. The molecular formula is C9H8F3NO. The highest BCUT2D eigenvalue weighted by Crippen LogP contribution is 2.25. The standard InChI is InChI=1S/C9H8F3NO/c10-6-2-1-5(8(11)9(6)12)7-3-4-14-13-7/h1-2,7,13H,3-4H2/t7-/m0/s1. The van der Waals surface area contributed by atoms with E-state index >= 15 is 0 Å². The Balaban J connectivity index is 2.38. The van der Waals surface area contributed by atoms with Crippen LogP contribution in [0, 0.1) is 17.5 Å². The molecule has 1 aliphatic heterocycles. The topological polar surface area (TPSA) is 21.3 Å². The first-order valence-electron chi connectivity index (χ1n) is 4.21. The Morgan fingerprint density at radius 3 is 2.64 bits per heavy atom. The summed E-state index contributed by atoms with van der Waals surface area (Å²) in [5.74, 6) is -3.76. The Labute approximate surface area is 78.6 Å².